The zero-order chi connectivity index (χ0) is 20.8. The van der Waals surface area contributed by atoms with Crippen LogP contribution < -0.4 is 10.6 Å². The molecule has 1 aromatic carbocycles. The maximum atomic E-state index is 10.0. The van der Waals surface area contributed by atoms with Crippen LogP contribution in [0.2, 0.25) is 0 Å². The third-order valence-electron chi connectivity index (χ3n) is 5.20. The topological polar surface area (TPSA) is 82.4 Å². The Morgan fingerprint density at radius 1 is 1.10 bits per heavy atom. The molecule has 0 spiro atoms. The molecule has 2 aromatic rings. The summed E-state index contributed by atoms with van der Waals surface area (Å²) in [4.78, 5) is 14.1. The van der Waals surface area contributed by atoms with E-state index in [9.17, 15) is 5.11 Å². The first-order valence-electron chi connectivity index (χ1n) is 10.3. The second kappa shape index (κ2) is 9.65. The van der Waals surface area contributed by atoms with Crippen molar-refractivity contribution in [2.45, 2.75) is 59.2 Å². The molecule has 2 heterocycles. The summed E-state index contributed by atoms with van der Waals surface area (Å²) in [5.74, 6) is 1.64. The molecule has 1 aromatic heterocycles. The van der Waals surface area contributed by atoms with E-state index < -0.39 is 6.10 Å². The minimum absolute atomic E-state index is 0.107. The summed E-state index contributed by atoms with van der Waals surface area (Å²) in [6.07, 6.45) is 4.93. The summed E-state index contributed by atoms with van der Waals surface area (Å²) in [5, 5.41) is 16.8. The standard InChI is InChI=1S/C23H31N5O/c1-5-19(16(4)29)26-23-27-20-13-18(15(2)3)11-12-24-21(20)22(28-23)25-14-17-9-7-6-8-10-17/h6-12,15-16,19,29H,5,13-14H2,1-4H3,(H2,25,26,27,28)/t16?,19-/m0/s1. The van der Waals surface area contributed by atoms with Gasteiger partial charge < -0.3 is 15.7 Å². The number of hydrogen-bond acceptors (Lipinski definition) is 6. The smallest absolute Gasteiger partial charge is 0.225 e. The highest BCUT2D eigenvalue weighted by atomic mass is 16.3. The van der Waals surface area contributed by atoms with Crippen molar-refractivity contribution in [2.24, 2.45) is 10.9 Å². The van der Waals surface area contributed by atoms with Crippen molar-refractivity contribution in [1.82, 2.24) is 9.97 Å². The number of rotatable bonds is 8. The van der Waals surface area contributed by atoms with Gasteiger partial charge in [0, 0.05) is 19.2 Å². The van der Waals surface area contributed by atoms with E-state index in [1.165, 1.54) is 11.1 Å². The predicted molar refractivity (Wildman–Crippen MR) is 120 cm³/mol. The van der Waals surface area contributed by atoms with E-state index in [1.807, 2.05) is 31.3 Å². The minimum atomic E-state index is -0.493. The van der Waals surface area contributed by atoms with Crippen molar-refractivity contribution >= 4 is 23.7 Å². The Balaban J connectivity index is 1.94. The van der Waals surface area contributed by atoms with Gasteiger partial charge >= 0.3 is 0 Å². The van der Waals surface area contributed by atoms with Gasteiger partial charge in [0.15, 0.2) is 5.82 Å². The van der Waals surface area contributed by atoms with Crippen LogP contribution in [-0.4, -0.2) is 33.4 Å². The quantitative estimate of drug-likeness (QED) is 0.615. The molecule has 3 N–H and O–H groups in total. The van der Waals surface area contributed by atoms with Gasteiger partial charge in [-0.05, 0) is 30.9 Å². The lowest BCUT2D eigenvalue weighted by molar-refractivity contribution is 0.169. The van der Waals surface area contributed by atoms with Gasteiger partial charge in [-0.25, -0.2) is 4.98 Å². The molecular formula is C23H31N5O. The number of hydrogen-bond donors (Lipinski definition) is 3. The second-order valence-corrected chi connectivity index (χ2v) is 7.78. The molecule has 0 saturated heterocycles. The Labute approximate surface area is 173 Å². The average Bonchev–Trinajstić information content (AvgIpc) is 2.93. The zero-order valence-electron chi connectivity index (χ0n) is 17.7. The molecule has 3 rings (SSSR count). The normalized spacial score (nSPS) is 15.3. The lowest BCUT2D eigenvalue weighted by atomic mass is 9.98. The zero-order valence-corrected chi connectivity index (χ0v) is 17.7. The molecule has 154 valence electrons. The van der Waals surface area contributed by atoms with Crippen LogP contribution in [0.15, 0.2) is 47.0 Å². The van der Waals surface area contributed by atoms with E-state index in [2.05, 4.69) is 47.7 Å². The van der Waals surface area contributed by atoms with E-state index in [4.69, 9.17) is 9.97 Å². The number of aliphatic hydroxyl groups excluding tert-OH is 1. The molecular weight excluding hydrogens is 362 g/mol. The summed E-state index contributed by atoms with van der Waals surface area (Å²) in [5.41, 5.74) is 4.13. The average molecular weight is 394 g/mol. The van der Waals surface area contributed by atoms with Crippen molar-refractivity contribution in [3.63, 3.8) is 0 Å². The number of aliphatic hydroxyl groups is 1. The monoisotopic (exact) mass is 393 g/mol. The van der Waals surface area contributed by atoms with Crippen molar-refractivity contribution in [2.75, 3.05) is 10.6 Å². The number of nitrogens with zero attached hydrogens (tertiary/aromatic N) is 3. The number of fused-ring (bicyclic) bond motifs is 1. The number of aromatic nitrogens is 2. The SMILES string of the molecule is CC[C@H](Nc1nc2c(c(NCc3ccccc3)n1)N=CC=C(C(C)C)C2)C(C)O. The van der Waals surface area contributed by atoms with Crippen LogP contribution in [0.4, 0.5) is 17.5 Å². The van der Waals surface area contributed by atoms with Gasteiger partial charge in [-0.3, -0.25) is 4.99 Å². The molecule has 29 heavy (non-hydrogen) atoms. The maximum absolute atomic E-state index is 10.0. The summed E-state index contributed by atoms with van der Waals surface area (Å²) < 4.78 is 0. The highest BCUT2D eigenvalue weighted by Crippen LogP contribution is 2.33. The van der Waals surface area contributed by atoms with E-state index in [1.54, 1.807) is 6.92 Å². The molecule has 2 atom stereocenters. The van der Waals surface area contributed by atoms with Crippen molar-refractivity contribution < 1.29 is 5.11 Å². The number of nitrogens with one attached hydrogen (secondary N) is 2. The molecule has 1 aliphatic rings. The molecule has 6 nitrogen and oxygen atoms in total. The van der Waals surface area contributed by atoms with Crippen LogP contribution in [0.3, 0.4) is 0 Å². The molecule has 6 heteroatoms. The van der Waals surface area contributed by atoms with Crippen LogP contribution in [0.5, 0.6) is 0 Å². The fraction of sp³-hybridized carbons (Fsp3) is 0.435. The minimum Gasteiger partial charge on any atom is -0.391 e. The highest BCUT2D eigenvalue weighted by molar-refractivity contribution is 5.81. The molecule has 0 amide bonds. The molecule has 0 aliphatic carbocycles. The fourth-order valence-corrected chi connectivity index (χ4v) is 3.32. The van der Waals surface area contributed by atoms with Crippen molar-refractivity contribution in [3.8, 4) is 0 Å². The Bertz CT molecular complexity index is 874. The molecule has 0 radical (unpaired) electrons. The van der Waals surface area contributed by atoms with Crippen LogP contribution in [-0.2, 0) is 13.0 Å². The van der Waals surface area contributed by atoms with E-state index in [0.29, 0.717) is 24.2 Å². The Morgan fingerprint density at radius 2 is 1.86 bits per heavy atom. The van der Waals surface area contributed by atoms with Crippen LogP contribution in [0, 0.1) is 5.92 Å². The Morgan fingerprint density at radius 3 is 2.52 bits per heavy atom. The lowest BCUT2D eigenvalue weighted by Crippen LogP contribution is -2.31. The van der Waals surface area contributed by atoms with Gasteiger partial charge in [-0.2, -0.15) is 4.98 Å². The Hall–Kier alpha value is -2.73. The largest absolute Gasteiger partial charge is 0.391 e. The predicted octanol–water partition coefficient (Wildman–Crippen LogP) is 4.50. The van der Waals surface area contributed by atoms with E-state index in [0.717, 1.165) is 24.2 Å². The van der Waals surface area contributed by atoms with Gasteiger partial charge in [-0.15, -0.1) is 0 Å². The first-order chi connectivity index (χ1) is 14.0. The van der Waals surface area contributed by atoms with E-state index >= 15 is 0 Å². The fourth-order valence-electron chi connectivity index (χ4n) is 3.32. The summed E-state index contributed by atoms with van der Waals surface area (Å²) in [6.45, 7) is 8.83. The van der Waals surface area contributed by atoms with Gasteiger partial charge in [-0.1, -0.05) is 56.7 Å². The first kappa shape index (κ1) is 21.0. The third kappa shape index (κ3) is 5.41. The number of benzene rings is 1. The van der Waals surface area contributed by atoms with Crippen LogP contribution in [0.25, 0.3) is 0 Å². The summed E-state index contributed by atoms with van der Waals surface area (Å²) in [6, 6.07) is 10.1. The van der Waals surface area contributed by atoms with Crippen molar-refractivity contribution in [3.05, 3.63) is 53.2 Å². The second-order valence-electron chi connectivity index (χ2n) is 7.78. The maximum Gasteiger partial charge on any atom is 0.225 e. The van der Waals surface area contributed by atoms with Crippen LogP contribution in [0.1, 0.15) is 45.4 Å². The molecule has 0 saturated carbocycles. The van der Waals surface area contributed by atoms with E-state index in [-0.39, 0.29) is 6.04 Å². The third-order valence-corrected chi connectivity index (χ3v) is 5.20. The van der Waals surface area contributed by atoms with Gasteiger partial charge in [0.25, 0.3) is 0 Å². The highest BCUT2D eigenvalue weighted by Gasteiger charge is 2.20. The molecule has 1 unspecified atom stereocenters. The summed E-state index contributed by atoms with van der Waals surface area (Å²) >= 11 is 0. The number of anilines is 2. The Kier molecular flexibility index (Phi) is 6.99. The van der Waals surface area contributed by atoms with Gasteiger partial charge in [0.1, 0.15) is 5.69 Å². The molecule has 0 bridgehead atoms. The van der Waals surface area contributed by atoms with Crippen molar-refractivity contribution in [1.29, 1.82) is 0 Å². The van der Waals surface area contributed by atoms with Gasteiger partial charge in [0.05, 0.1) is 17.8 Å². The number of allylic oxidation sites excluding steroid dienone is 2. The first-order valence-corrected chi connectivity index (χ1v) is 10.3. The number of aliphatic imine (C=N–C) groups is 1. The van der Waals surface area contributed by atoms with Gasteiger partial charge in [0.2, 0.25) is 5.95 Å². The lowest BCUT2D eigenvalue weighted by Gasteiger charge is -2.21. The summed E-state index contributed by atoms with van der Waals surface area (Å²) in [7, 11) is 0. The molecule has 0 fully saturated rings. The van der Waals surface area contributed by atoms with Crippen LogP contribution >= 0.6 is 0 Å². The molecule has 1 aliphatic heterocycles.